The van der Waals surface area contributed by atoms with Crippen molar-refractivity contribution in [2.75, 3.05) is 7.11 Å². The summed E-state index contributed by atoms with van der Waals surface area (Å²) in [6, 6.07) is 5.95. The molecule has 112 valence electrons. The van der Waals surface area contributed by atoms with Crippen molar-refractivity contribution in [3.05, 3.63) is 24.0 Å². The van der Waals surface area contributed by atoms with Crippen LogP contribution in [0.2, 0.25) is 0 Å². The summed E-state index contributed by atoms with van der Waals surface area (Å²) in [5.41, 5.74) is 1.88. The highest BCUT2D eigenvalue weighted by molar-refractivity contribution is 6.20. The SMILES string of the molecule is COc1ccc2c(c1)nc(C(C)Cl)n2CC1CCC(=O)N1. The number of benzene rings is 1. The summed E-state index contributed by atoms with van der Waals surface area (Å²) in [5.74, 6) is 1.71. The highest BCUT2D eigenvalue weighted by Crippen LogP contribution is 2.28. The van der Waals surface area contributed by atoms with Crippen LogP contribution in [0.3, 0.4) is 0 Å². The number of fused-ring (bicyclic) bond motifs is 1. The Morgan fingerprint density at radius 1 is 1.57 bits per heavy atom. The third kappa shape index (κ3) is 2.70. The standard InChI is InChI=1S/C15H18ClN3O2/c1-9(16)15-18-12-7-11(21-2)4-5-13(12)19(15)8-10-3-6-14(20)17-10/h4-5,7,9-10H,3,6,8H2,1-2H3,(H,17,20). The first-order chi connectivity index (χ1) is 10.1. The van der Waals surface area contributed by atoms with E-state index in [4.69, 9.17) is 16.3 Å². The summed E-state index contributed by atoms with van der Waals surface area (Å²) >= 11 is 6.27. The number of hydrogen-bond donors (Lipinski definition) is 1. The quantitative estimate of drug-likeness (QED) is 0.883. The maximum absolute atomic E-state index is 11.4. The lowest BCUT2D eigenvalue weighted by atomic mass is 10.2. The Morgan fingerprint density at radius 3 is 3.00 bits per heavy atom. The number of hydrogen-bond acceptors (Lipinski definition) is 3. The highest BCUT2D eigenvalue weighted by atomic mass is 35.5. The van der Waals surface area contributed by atoms with Gasteiger partial charge in [-0.1, -0.05) is 0 Å². The van der Waals surface area contributed by atoms with Crippen LogP contribution in [0.5, 0.6) is 5.75 Å². The van der Waals surface area contributed by atoms with E-state index in [0.29, 0.717) is 13.0 Å². The second-order valence-electron chi connectivity index (χ2n) is 5.35. The van der Waals surface area contributed by atoms with Crippen LogP contribution < -0.4 is 10.1 Å². The van der Waals surface area contributed by atoms with Crippen molar-refractivity contribution in [3.8, 4) is 5.75 Å². The summed E-state index contributed by atoms with van der Waals surface area (Å²) in [6.07, 6.45) is 1.45. The number of amides is 1. The van der Waals surface area contributed by atoms with Crippen molar-refractivity contribution in [3.63, 3.8) is 0 Å². The summed E-state index contributed by atoms with van der Waals surface area (Å²) < 4.78 is 7.34. The number of carbonyl (C=O) groups is 1. The molecule has 0 saturated carbocycles. The molecule has 21 heavy (non-hydrogen) atoms. The molecule has 1 aromatic carbocycles. The van der Waals surface area contributed by atoms with Crippen molar-refractivity contribution in [2.45, 2.75) is 37.7 Å². The van der Waals surface area contributed by atoms with E-state index in [-0.39, 0.29) is 17.3 Å². The fourth-order valence-electron chi connectivity index (χ4n) is 2.79. The smallest absolute Gasteiger partial charge is 0.220 e. The lowest BCUT2D eigenvalue weighted by Gasteiger charge is -2.15. The number of imidazole rings is 1. The Labute approximate surface area is 128 Å². The molecule has 3 rings (SSSR count). The summed E-state index contributed by atoms with van der Waals surface area (Å²) in [6.45, 7) is 2.60. The third-order valence-corrected chi connectivity index (χ3v) is 4.02. The van der Waals surface area contributed by atoms with Crippen molar-refractivity contribution < 1.29 is 9.53 Å². The zero-order valence-electron chi connectivity index (χ0n) is 12.1. The van der Waals surface area contributed by atoms with Crippen LogP contribution in [-0.4, -0.2) is 28.6 Å². The number of halogens is 1. The molecular weight excluding hydrogens is 290 g/mol. The first kappa shape index (κ1) is 14.2. The molecule has 1 aromatic heterocycles. The van der Waals surface area contributed by atoms with Crippen molar-refractivity contribution in [1.82, 2.24) is 14.9 Å². The van der Waals surface area contributed by atoms with Crippen LogP contribution in [-0.2, 0) is 11.3 Å². The molecule has 1 saturated heterocycles. The van der Waals surface area contributed by atoms with Gasteiger partial charge in [0.25, 0.3) is 0 Å². The van der Waals surface area contributed by atoms with E-state index in [1.165, 1.54) is 0 Å². The molecule has 1 aliphatic heterocycles. The topological polar surface area (TPSA) is 56.2 Å². The van der Waals surface area contributed by atoms with E-state index < -0.39 is 0 Å². The minimum absolute atomic E-state index is 0.117. The van der Waals surface area contributed by atoms with E-state index in [9.17, 15) is 4.79 Å². The molecule has 5 nitrogen and oxygen atoms in total. The number of aromatic nitrogens is 2. The number of alkyl halides is 1. The number of ether oxygens (including phenoxy) is 1. The minimum Gasteiger partial charge on any atom is -0.497 e. The normalized spacial score (nSPS) is 19.8. The lowest BCUT2D eigenvalue weighted by molar-refractivity contribution is -0.119. The van der Waals surface area contributed by atoms with Gasteiger partial charge in [-0.2, -0.15) is 0 Å². The molecule has 2 unspecified atom stereocenters. The second-order valence-corrected chi connectivity index (χ2v) is 6.01. The monoisotopic (exact) mass is 307 g/mol. The molecule has 1 amide bonds. The van der Waals surface area contributed by atoms with Gasteiger partial charge in [-0.15, -0.1) is 11.6 Å². The molecule has 1 aliphatic rings. The van der Waals surface area contributed by atoms with Gasteiger partial charge in [0.2, 0.25) is 5.91 Å². The molecule has 2 atom stereocenters. The van der Waals surface area contributed by atoms with Crippen LogP contribution >= 0.6 is 11.6 Å². The number of methoxy groups -OCH3 is 1. The van der Waals surface area contributed by atoms with Crippen LogP contribution in [0.15, 0.2) is 18.2 Å². The van der Waals surface area contributed by atoms with E-state index >= 15 is 0 Å². The van der Waals surface area contributed by atoms with Crippen molar-refractivity contribution in [2.24, 2.45) is 0 Å². The lowest BCUT2D eigenvalue weighted by Crippen LogP contribution is -2.30. The van der Waals surface area contributed by atoms with Gasteiger partial charge < -0.3 is 14.6 Å². The fraction of sp³-hybridized carbons (Fsp3) is 0.467. The maximum Gasteiger partial charge on any atom is 0.220 e. The van der Waals surface area contributed by atoms with Gasteiger partial charge >= 0.3 is 0 Å². The van der Waals surface area contributed by atoms with Gasteiger partial charge in [0.1, 0.15) is 11.6 Å². The molecule has 1 N–H and O–H groups in total. The molecule has 2 aromatic rings. The van der Waals surface area contributed by atoms with Gasteiger partial charge in [0, 0.05) is 25.1 Å². The molecular formula is C15H18ClN3O2. The van der Waals surface area contributed by atoms with Gasteiger partial charge in [-0.3, -0.25) is 4.79 Å². The molecule has 0 aliphatic carbocycles. The van der Waals surface area contributed by atoms with Gasteiger partial charge in [0.15, 0.2) is 0 Å². The van der Waals surface area contributed by atoms with Crippen LogP contribution in [0, 0.1) is 0 Å². The molecule has 0 radical (unpaired) electrons. The van der Waals surface area contributed by atoms with Crippen LogP contribution in [0.1, 0.15) is 31.0 Å². The average molecular weight is 308 g/mol. The Balaban J connectivity index is 2.01. The Morgan fingerprint density at radius 2 is 2.38 bits per heavy atom. The minimum atomic E-state index is -0.194. The summed E-state index contributed by atoms with van der Waals surface area (Å²) in [4.78, 5) is 16.0. The predicted molar refractivity (Wildman–Crippen MR) is 81.7 cm³/mol. The van der Waals surface area contributed by atoms with Gasteiger partial charge in [-0.25, -0.2) is 4.98 Å². The number of nitrogens with zero attached hydrogens (tertiary/aromatic N) is 2. The Hall–Kier alpha value is -1.75. The zero-order chi connectivity index (χ0) is 15.0. The van der Waals surface area contributed by atoms with E-state index in [2.05, 4.69) is 14.9 Å². The maximum atomic E-state index is 11.4. The largest absolute Gasteiger partial charge is 0.497 e. The molecule has 2 heterocycles. The Bertz CT molecular complexity index is 681. The van der Waals surface area contributed by atoms with Crippen LogP contribution in [0.4, 0.5) is 0 Å². The van der Waals surface area contributed by atoms with Crippen molar-refractivity contribution in [1.29, 1.82) is 0 Å². The predicted octanol–water partition coefficient (Wildman–Crippen LogP) is 2.62. The number of nitrogens with one attached hydrogen (secondary N) is 1. The van der Waals surface area contributed by atoms with Gasteiger partial charge in [0.05, 0.1) is 23.5 Å². The zero-order valence-corrected chi connectivity index (χ0v) is 12.9. The van der Waals surface area contributed by atoms with Crippen LogP contribution in [0.25, 0.3) is 11.0 Å². The first-order valence-electron chi connectivity index (χ1n) is 7.06. The van der Waals surface area contributed by atoms with E-state index in [1.807, 2.05) is 25.1 Å². The average Bonchev–Trinajstić information content (AvgIpc) is 3.03. The number of carbonyl (C=O) groups excluding carboxylic acids is 1. The third-order valence-electron chi connectivity index (χ3n) is 3.83. The molecule has 1 fully saturated rings. The first-order valence-corrected chi connectivity index (χ1v) is 7.49. The van der Waals surface area contributed by atoms with Crippen molar-refractivity contribution >= 4 is 28.5 Å². The van der Waals surface area contributed by atoms with E-state index in [1.54, 1.807) is 7.11 Å². The van der Waals surface area contributed by atoms with Gasteiger partial charge in [-0.05, 0) is 25.5 Å². The highest BCUT2D eigenvalue weighted by Gasteiger charge is 2.24. The fourth-order valence-corrected chi connectivity index (χ4v) is 2.95. The Kier molecular flexibility index (Phi) is 3.76. The summed E-state index contributed by atoms with van der Waals surface area (Å²) in [7, 11) is 1.64. The molecule has 0 bridgehead atoms. The number of rotatable bonds is 4. The second kappa shape index (κ2) is 5.56. The molecule has 6 heteroatoms. The summed E-state index contributed by atoms with van der Waals surface area (Å²) in [5, 5.41) is 2.80. The molecule has 0 spiro atoms. The van der Waals surface area contributed by atoms with E-state index in [0.717, 1.165) is 29.0 Å².